The summed E-state index contributed by atoms with van der Waals surface area (Å²) in [7, 11) is -4.12. The first kappa shape index (κ1) is 22.2. The number of fused-ring (bicyclic) bond motifs is 6. The van der Waals surface area contributed by atoms with Gasteiger partial charge in [-0.1, -0.05) is 18.2 Å². The number of nitrogens with one attached hydrogen (secondary N) is 1. The van der Waals surface area contributed by atoms with Crippen LogP contribution >= 0.6 is 0 Å². The Bertz CT molecular complexity index is 1400. The van der Waals surface area contributed by atoms with Crippen LogP contribution in [0.15, 0.2) is 63.1 Å². The van der Waals surface area contributed by atoms with Gasteiger partial charge in [-0.2, -0.15) is 8.42 Å². The summed E-state index contributed by atoms with van der Waals surface area (Å²) >= 11 is 0. The van der Waals surface area contributed by atoms with Gasteiger partial charge in [0.1, 0.15) is 22.0 Å². The molecule has 2 fully saturated rings. The van der Waals surface area contributed by atoms with Crippen LogP contribution in [0.2, 0.25) is 0 Å². The molecule has 2 unspecified atom stereocenters. The second-order valence-electron chi connectivity index (χ2n) is 9.74. The minimum atomic E-state index is -4.12. The second kappa shape index (κ2) is 7.89. The number of hydrogen-bond acceptors (Lipinski definition) is 6. The van der Waals surface area contributed by atoms with Gasteiger partial charge in [-0.25, -0.2) is 4.39 Å². The molecule has 35 heavy (non-hydrogen) atoms. The highest BCUT2D eigenvalue weighted by molar-refractivity contribution is 7.90. The summed E-state index contributed by atoms with van der Waals surface area (Å²) in [5.74, 6) is -0.921. The van der Waals surface area contributed by atoms with Gasteiger partial charge in [0.2, 0.25) is 0 Å². The van der Waals surface area contributed by atoms with E-state index >= 15 is 0 Å². The fraction of sp³-hybridized carbons (Fsp3) is 0.360. The quantitative estimate of drug-likeness (QED) is 0.598. The number of amides is 1. The van der Waals surface area contributed by atoms with E-state index < -0.39 is 15.9 Å². The maximum atomic E-state index is 13.9. The van der Waals surface area contributed by atoms with Crippen LogP contribution in [0.4, 0.5) is 10.1 Å². The Morgan fingerprint density at radius 3 is 2.57 bits per heavy atom. The van der Waals surface area contributed by atoms with Crippen molar-refractivity contribution in [2.24, 2.45) is 27.9 Å². The predicted octanol–water partition coefficient (Wildman–Crippen LogP) is 3.07. The number of aliphatic hydroxyl groups excluding tert-OH is 1. The van der Waals surface area contributed by atoms with Crippen molar-refractivity contribution in [1.82, 2.24) is 4.90 Å². The number of carbonyl (C=O) groups excluding carboxylic acids is 1. The lowest BCUT2D eigenvalue weighted by Crippen LogP contribution is -2.53. The van der Waals surface area contributed by atoms with Gasteiger partial charge in [0.15, 0.2) is 5.84 Å². The van der Waals surface area contributed by atoms with Crippen LogP contribution in [0, 0.1) is 23.6 Å². The third-order valence-corrected chi connectivity index (χ3v) is 9.12. The summed E-state index contributed by atoms with van der Waals surface area (Å²) < 4.78 is 43.4. The van der Waals surface area contributed by atoms with Crippen molar-refractivity contribution in [3.63, 3.8) is 0 Å². The third-order valence-electron chi connectivity index (χ3n) is 7.81. The van der Waals surface area contributed by atoms with Crippen LogP contribution in [-0.2, 0) is 27.9 Å². The first-order valence-electron chi connectivity index (χ1n) is 11.7. The molecule has 4 atom stereocenters. The van der Waals surface area contributed by atoms with Crippen molar-refractivity contribution < 1.29 is 22.7 Å². The summed E-state index contributed by atoms with van der Waals surface area (Å²) in [4.78, 5) is 15.5. The van der Waals surface area contributed by atoms with E-state index in [4.69, 9.17) is 5.73 Å². The summed E-state index contributed by atoms with van der Waals surface area (Å²) in [5, 5.41) is 14.3. The van der Waals surface area contributed by atoms with E-state index in [0.29, 0.717) is 5.56 Å². The molecule has 4 N–H and O–H groups in total. The molecule has 0 radical (unpaired) electrons. The number of nitrogens with two attached hydrogens (primary N) is 1. The number of amidine groups is 1. The number of nitrogens with zero attached hydrogens (tertiary/aromatic N) is 2. The highest BCUT2D eigenvalue weighted by atomic mass is 32.2. The van der Waals surface area contributed by atoms with E-state index in [1.165, 1.54) is 18.2 Å². The van der Waals surface area contributed by atoms with Gasteiger partial charge in [-0.3, -0.25) is 4.79 Å². The van der Waals surface area contributed by atoms with Crippen molar-refractivity contribution in [3.8, 4) is 0 Å². The third kappa shape index (κ3) is 3.46. The molecule has 8 nitrogen and oxygen atoms in total. The van der Waals surface area contributed by atoms with Gasteiger partial charge in [0, 0.05) is 25.0 Å². The fourth-order valence-corrected chi connectivity index (χ4v) is 7.45. The lowest BCUT2D eigenvalue weighted by Gasteiger charge is -2.44. The molecular weight excluding hydrogens is 471 g/mol. The number of rotatable bonds is 4. The Labute approximate surface area is 202 Å². The van der Waals surface area contributed by atoms with Crippen LogP contribution in [0.1, 0.15) is 30.4 Å². The van der Waals surface area contributed by atoms with E-state index in [2.05, 4.69) is 9.71 Å². The highest BCUT2D eigenvalue weighted by Crippen LogP contribution is 2.55. The molecule has 2 aromatic rings. The van der Waals surface area contributed by atoms with Gasteiger partial charge in [0.25, 0.3) is 15.9 Å². The zero-order valence-corrected chi connectivity index (χ0v) is 19.6. The van der Waals surface area contributed by atoms with Gasteiger partial charge < -0.3 is 21.1 Å². The second-order valence-corrected chi connectivity index (χ2v) is 11.3. The molecule has 1 amide bonds. The maximum absolute atomic E-state index is 13.9. The zero-order valence-electron chi connectivity index (χ0n) is 18.8. The standard InChI is InChI=1S/C25H25FN4O4S/c26-17-6-1-13(2-7-17)12-30-22-16-5-4-15(10-16)20(22)23(31)21(25(30)32)24-28-18-8-3-14(11-27)9-19(18)35(33,34)29-24/h1-3,6-9,15-16,20,22,31H,4-5,10-12,27H2,(H,28,29)/t15-,16+,20?,22?/m1/s1. The van der Waals surface area contributed by atoms with Crippen LogP contribution in [0.3, 0.4) is 0 Å². The van der Waals surface area contributed by atoms with Gasteiger partial charge >= 0.3 is 0 Å². The minimum Gasteiger partial charge on any atom is -0.511 e. The molecule has 0 aromatic heterocycles. The molecule has 2 saturated carbocycles. The molecule has 6 rings (SSSR count). The average Bonchev–Trinajstić information content (AvgIpc) is 3.45. The SMILES string of the molecule is NCc1ccc2c(c1)S(=O)(=O)N=C(C1=C(O)C3C([C@H]4CC[C@@H]3C4)N(Cc3ccc(F)cc3)C1=O)N2. The van der Waals surface area contributed by atoms with E-state index in [0.717, 1.165) is 24.8 Å². The molecule has 10 heteroatoms. The molecule has 4 aliphatic rings. The number of anilines is 1. The summed E-state index contributed by atoms with van der Waals surface area (Å²) in [6.07, 6.45) is 2.83. The molecule has 182 valence electrons. The van der Waals surface area contributed by atoms with Gasteiger partial charge in [-0.05, 0) is 66.5 Å². The molecular formula is C25H25FN4O4S. The fourth-order valence-electron chi connectivity index (χ4n) is 6.27. The zero-order chi connectivity index (χ0) is 24.5. The Morgan fingerprint density at radius 2 is 1.83 bits per heavy atom. The van der Waals surface area contributed by atoms with Crippen LogP contribution in [0.25, 0.3) is 0 Å². The van der Waals surface area contributed by atoms with Crippen molar-refractivity contribution in [1.29, 1.82) is 0 Å². The van der Waals surface area contributed by atoms with Crippen LogP contribution < -0.4 is 11.1 Å². The molecule has 2 bridgehead atoms. The lowest BCUT2D eigenvalue weighted by atomic mass is 9.77. The Morgan fingerprint density at radius 1 is 1.11 bits per heavy atom. The Hall–Kier alpha value is -3.24. The van der Waals surface area contributed by atoms with Crippen molar-refractivity contribution in [3.05, 3.63) is 70.7 Å². The van der Waals surface area contributed by atoms with Gasteiger partial charge in [-0.15, -0.1) is 4.40 Å². The molecule has 0 saturated heterocycles. The average molecular weight is 497 g/mol. The number of benzene rings is 2. The van der Waals surface area contributed by atoms with Crippen molar-refractivity contribution in [2.75, 3.05) is 5.32 Å². The van der Waals surface area contributed by atoms with Gasteiger partial charge in [0.05, 0.1) is 5.69 Å². The van der Waals surface area contributed by atoms with Crippen molar-refractivity contribution in [2.45, 2.75) is 43.3 Å². The first-order chi connectivity index (χ1) is 16.8. The van der Waals surface area contributed by atoms with E-state index in [1.54, 1.807) is 29.2 Å². The predicted molar refractivity (Wildman–Crippen MR) is 127 cm³/mol. The number of hydrogen-bond donors (Lipinski definition) is 3. The molecule has 2 aliphatic carbocycles. The maximum Gasteiger partial charge on any atom is 0.286 e. The number of aliphatic hydroxyl groups is 1. The van der Waals surface area contributed by atoms with Crippen LogP contribution in [-0.4, -0.2) is 36.2 Å². The minimum absolute atomic E-state index is 0.0199. The summed E-state index contributed by atoms with van der Waals surface area (Å²) in [6, 6.07) is 10.5. The monoisotopic (exact) mass is 496 g/mol. The molecule has 2 aliphatic heterocycles. The van der Waals surface area contributed by atoms with E-state index in [1.807, 2.05) is 0 Å². The molecule has 2 heterocycles. The van der Waals surface area contributed by atoms with Crippen LogP contribution in [0.5, 0.6) is 0 Å². The first-order valence-corrected chi connectivity index (χ1v) is 13.1. The molecule has 0 spiro atoms. The van der Waals surface area contributed by atoms with E-state index in [-0.39, 0.29) is 70.5 Å². The topological polar surface area (TPSA) is 125 Å². The Kier molecular flexibility index (Phi) is 5.01. The summed E-state index contributed by atoms with van der Waals surface area (Å²) in [5.41, 5.74) is 7.22. The number of halogens is 1. The van der Waals surface area contributed by atoms with Crippen molar-refractivity contribution >= 4 is 27.5 Å². The number of sulfonamides is 1. The smallest absolute Gasteiger partial charge is 0.286 e. The largest absolute Gasteiger partial charge is 0.511 e. The number of carbonyl (C=O) groups is 1. The summed E-state index contributed by atoms with van der Waals surface area (Å²) in [6.45, 7) is 0.407. The highest BCUT2D eigenvalue weighted by Gasteiger charge is 2.57. The van der Waals surface area contributed by atoms with E-state index in [9.17, 15) is 22.7 Å². The molecule has 2 aromatic carbocycles. The normalized spacial score (nSPS) is 28.5. The lowest BCUT2D eigenvalue weighted by molar-refractivity contribution is -0.134. The Balaban J connectivity index is 1.44.